The zero-order valence-electron chi connectivity index (χ0n) is 8.82. The summed E-state index contributed by atoms with van der Waals surface area (Å²) < 4.78 is 5.41. The highest BCUT2D eigenvalue weighted by Gasteiger charge is 2.14. The first-order chi connectivity index (χ1) is 7.16. The molecule has 0 bridgehead atoms. The van der Waals surface area contributed by atoms with E-state index < -0.39 is 0 Å². The molecule has 80 valence electrons. The smallest absolute Gasteiger partial charge is 0.220 e. The van der Waals surface area contributed by atoms with Gasteiger partial charge in [0.1, 0.15) is 5.75 Å². The van der Waals surface area contributed by atoms with Gasteiger partial charge in [-0.15, -0.1) is 0 Å². The van der Waals surface area contributed by atoms with Crippen LogP contribution in [0.25, 0.3) is 0 Å². The quantitative estimate of drug-likeness (QED) is 0.808. The molecule has 1 aromatic carbocycles. The number of ether oxygens (including phenoxy) is 1. The predicted octanol–water partition coefficient (Wildman–Crippen LogP) is 1.29. The number of carbonyl (C=O) groups excluding carboxylic acids is 1. The van der Waals surface area contributed by atoms with Crippen molar-refractivity contribution in [3.8, 4) is 5.75 Å². The summed E-state index contributed by atoms with van der Waals surface area (Å²) in [5.41, 5.74) is 7.63. The van der Waals surface area contributed by atoms with Gasteiger partial charge in [-0.3, -0.25) is 4.79 Å². The summed E-state index contributed by atoms with van der Waals surface area (Å²) in [7, 11) is 0. The van der Waals surface area contributed by atoms with Crippen molar-refractivity contribution in [2.45, 2.75) is 19.8 Å². The normalized spacial score (nSPS) is 15.5. The van der Waals surface area contributed by atoms with Gasteiger partial charge < -0.3 is 10.5 Å². The maximum atomic E-state index is 10.9. The Balaban J connectivity index is 2.13. The van der Waals surface area contributed by atoms with Crippen molar-refractivity contribution in [2.24, 2.45) is 11.7 Å². The largest absolute Gasteiger partial charge is 0.493 e. The number of amides is 1. The van der Waals surface area contributed by atoms with Crippen LogP contribution in [0.15, 0.2) is 18.2 Å². The van der Waals surface area contributed by atoms with Gasteiger partial charge >= 0.3 is 0 Å². The molecular weight excluding hydrogens is 190 g/mol. The molecule has 1 amide bonds. The third-order valence-corrected chi connectivity index (χ3v) is 2.78. The van der Waals surface area contributed by atoms with Crippen LogP contribution in [-0.4, -0.2) is 12.5 Å². The fourth-order valence-electron chi connectivity index (χ4n) is 1.82. The Kier molecular flexibility index (Phi) is 2.62. The molecule has 1 aliphatic heterocycles. The Labute approximate surface area is 89.2 Å². The Bertz CT molecular complexity index is 387. The topological polar surface area (TPSA) is 52.3 Å². The number of nitrogens with two attached hydrogens (primary N) is 1. The molecular formula is C12H15NO2. The molecule has 3 heteroatoms. The molecule has 0 saturated carbocycles. The number of rotatable bonds is 3. The first kappa shape index (κ1) is 10.0. The van der Waals surface area contributed by atoms with Crippen LogP contribution in [-0.2, 0) is 17.6 Å². The highest BCUT2D eigenvalue weighted by Crippen LogP contribution is 2.26. The van der Waals surface area contributed by atoms with Crippen molar-refractivity contribution in [1.82, 2.24) is 0 Å². The van der Waals surface area contributed by atoms with Gasteiger partial charge in [0.15, 0.2) is 0 Å². The van der Waals surface area contributed by atoms with E-state index in [9.17, 15) is 4.79 Å². The zero-order chi connectivity index (χ0) is 10.8. The van der Waals surface area contributed by atoms with Crippen molar-refractivity contribution < 1.29 is 9.53 Å². The average Bonchev–Trinajstić information content (AvgIpc) is 2.64. The minimum Gasteiger partial charge on any atom is -0.493 e. The van der Waals surface area contributed by atoms with Crippen LogP contribution in [0.1, 0.15) is 18.1 Å². The maximum Gasteiger partial charge on any atom is 0.220 e. The van der Waals surface area contributed by atoms with Gasteiger partial charge in [-0.05, 0) is 23.6 Å². The van der Waals surface area contributed by atoms with E-state index >= 15 is 0 Å². The summed E-state index contributed by atoms with van der Waals surface area (Å²) in [6.07, 6.45) is 1.68. The van der Waals surface area contributed by atoms with Crippen molar-refractivity contribution in [3.05, 3.63) is 29.3 Å². The first-order valence-corrected chi connectivity index (χ1v) is 5.21. The molecule has 0 unspecified atom stereocenters. The van der Waals surface area contributed by atoms with E-state index in [-0.39, 0.29) is 11.8 Å². The van der Waals surface area contributed by atoms with Gasteiger partial charge in [0.05, 0.1) is 6.61 Å². The SMILES string of the molecule is C[C@@H](Cc1ccc2c(c1)CCO2)C(N)=O. The highest BCUT2D eigenvalue weighted by atomic mass is 16.5. The number of carbonyl (C=O) groups is 1. The van der Waals surface area contributed by atoms with Gasteiger partial charge in [0.2, 0.25) is 5.91 Å². The van der Waals surface area contributed by atoms with Gasteiger partial charge in [0.25, 0.3) is 0 Å². The summed E-state index contributed by atoms with van der Waals surface area (Å²) in [6.45, 7) is 2.62. The lowest BCUT2D eigenvalue weighted by molar-refractivity contribution is -0.121. The first-order valence-electron chi connectivity index (χ1n) is 5.21. The lowest BCUT2D eigenvalue weighted by Crippen LogP contribution is -2.22. The molecule has 0 aromatic heterocycles. The number of benzene rings is 1. The van der Waals surface area contributed by atoms with Crippen LogP contribution in [0, 0.1) is 5.92 Å². The van der Waals surface area contributed by atoms with Crippen LogP contribution in [0.2, 0.25) is 0 Å². The Morgan fingerprint density at radius 1 is 1.60 bits per heavy atom. The number of primary amides is 1. The van der Waals surface area contributed by atoms with E-state index in [0.717, 1.165) is 24.3 Å². The average molecular weight is 205 g/mol. The molecule has 3 nitrogen and oxygen atoms in total. The fourth-order valence-corrected chi connectivity index (χ4v) is 1.82. The summed E-state index contributed by atoms with van der Waals surface area (Å²) in [5.74, 6) is 0.627. The number of hydrogen-bond donors (Lipinski definition) is 1. The summed E-state index contributed by atoms with van der Waals surface area (Å²) in [5, 5.41) is 0. The molecule has 1 atom stereocenters. The molecule has 15 heavy (non-hydrogen) atoms. The molecule has 0 spiro atoms. The molecule has 0 saturated heterocycles. The van der Waals surface area contributed by atoms with Crippen molar-refractivity contribution in [1.29, 1.82) is 0 Å². The lowest BCUT2D eigenvalue weighted by atomic mass is 9.98. The summed E-state index contributed by atoms with van der Waals surface area (Å²) in [6, 6.07) is 6.09. The molecule has 1 aliphatic rings. The van der Waals surface area contributed by atoms with Crippen LogP contribution >= 0.6 is 0 Å². The van der Waals surface area contributed by atoms with Gasteiger partial charge in [-0.1, -0.05) is 19.1 Å². The third kappa shape index (κ3) is 2.12. The van der Waals surface area contributed by atoms with E-state index in [4.69, 9.17) is 10.5 Å². The Morgan fingerprint density at radius 2 is 2.40 bits per heavy atom. The third-order valence-electron chi connectivity index (χ3n) is 2.78. The molecule has 1 aromatic rings. The van der Waals surface area contributed by atoms with Crippen LogP contribution in [0.3, 0.4) is 0 Å². The molecule has 2 N–H and O–H groups in total. The highest BCUT2D eigenvalue weighted by molar-refractivity contribution is 5.76. The molecule has 1 heterocycles. The standard InChI is InChI=1S/C12H15NO2/c1-8(12(13)14)6-9-2-3-11-10(7-9)4-5-15-11/h2-3,7-8H,4-6H2,1H3,(H2,13,14)/t8-/m0/s1. The van der Waals surface area contributed by atoms with Crippen molar-refractivity contribution in [2.75, 3.05) is 6.61 Å². The van der Waals surface area contributed by atoms with Crippen LogP contribution < -0.4 is 10.5 Å². The molecule has 0 aliphatic carbocycles. The summed E-state index contributed by atoms with van der Waals surface area (Å²) in [4.78, 5) is 10.9. The van der Waals surface area contributed by atoms with E-state index in [1.165, 1.54) is 5.56 Å². The monoisotopic (exact) mass is 205 g/mol. The van der Waals surface area contributed by atoms with E-state index in [1.807, 2.05) is 19.1 Å². The molecule has 0 fully saturated rings. The lowest BCUT2D eigenvalue weighted by Gasteiger charge is -2.08. The second-order valence-electron chi connectivity index (χ2n) is 4.05. The maximum absolute atomic E-state index is 10.9. The Morgan fingerprint density at radius 3 is 3.13 bits per heavy atom. The van der Waals surface area contributed by atoms with Gasteiger partial charge in [0, 0.05) is 12.3 Å². The minimum absolute atomic E-state index is 0.106. The van der Waals surface area contributed by atoms with Crippen LogP contribution in [0.4, 0.5) is 0 Å². The van der Waals surface area contributed by atoms with Crippen LogP contribution in [0.5, 0.6) is 5.75 Å². The Hall–Kier alpha value is -1.51. The summed E-state index contributed by atoms with van der Waals surface area (Å²) >= 11 is 0. The van der Waals surface area contributed by atoms with Crippen molar-refractivity contribution >= 4 is 5.91 Å². The van der Waals surface area contributed by atoms with E-state index in [2.05, 4.69) is 6.07 Å². The zero-order valence-corrected chi connectivity index (χ0v) is 8.82. The van der Waals surface area contributed by atoms with E-state index in [0.29, 0.717) is 6.42 Å². The van der Waals surface area contributed by atoms with Crippen molar-refractivity contribution in [3.63, 3.8) is 0 Å². The predicted molar refractivity (Wildman–Crippen MR) is 57.7 cm³/mol. The second-order valence-corrected chi connectivity index (χ2v) is 4.05. The second kappa shape index (κ2) is 3.93. The molecule has 0 radical (unpaired) electrons. The minimum atomic E-state index is -0.244. The number of fused-ring (bicyclic) bond motifs is 1. The molecule has 2 rings (SSSR count). The fraction of sp³-hybridized carbons (Fsp3) is 0.417. The van der Waals surface area contributed by atoms with E-state index in [1.54, 1.807) is 0 Å². The van der Waals surface area contributed by atoms with Gasteiger partial charge in [-0.2, -0.15) is 0 Å². The van der Waals surface area contributed by atoms with Gasteiger partial charge in [-0.25, -0.2) is 0 Å². The number of hydrogen-bond acceptors (Lipinski definition) is 2.